The molecule has 0 bridgehead atoms. The molecule has 1 aliphatic heterocycles. The van der Waals surface area contributed by atoms with Gasteiger partial charge in [0.15, 0.2) is 0 Å². The summed E-state index contributed by atoms with van der Waals surface area (Å²) in [4.78, 5) is 1.19. The molecule has 0 spiro atoms. The SMILES string of the molecule is Nc1c(N2CCCC(C(F)(F)F)C2)cccc1S(N)(=O)=O. The van der Waals surface area contributed by atoms with Gasteiger partial charge in [-0.25, -0.2) is 13.6 Å². The van der Waals surface area contributed by atoms with Crippen LogP contribution in [0.1, 0.15) is 12.8 Å². The molecule has 1 aliphatic rings. The number of primary sulfonamides is 1. The van der Waals surface area contributed by atoms with Gasteiger partial charge in [0.05, 0.1) is 17.3 Å². The highest BCUT2D eigenvalue weighted by atomic mass is 32.2. The van der Waals surface area contributed by atoms with Gasteiger partial charge in [-0.2, -0.15) is 13.2 Å². The van der Waals surface area contributed by atoms with Crippen LogP contribution in [0.5, 0.6) is 0 Å². The summed E-state index contributed by atoms with van der Waals surface area (Å²) in [6.45, 7) is 0.159. The molecule has 4 N–H and O–H groups in total. The number of rotatable bonds is 2. The fraction of sp³-hybridized carbons (Fsp3) is 0.500. The van der Waals surface area contributed by atoms with Crippen LogP contribution in [0.2, 0.25) is 0 Å². The third kappa shape index (κ3) is 3.41. The van der Waals surface area contributed by atoms with E-state index in [0.29, 0.717) is 13.0 Å². The summed E-state index contributed by atoms with van der Waals surface area (Å²) in [5, 5.41) is 5.05. The second-order valence-corrected chi connectivity index (χ2v) is 6.59. The Bertz CT molecular complexity index is 631. The molecule has 21 heavy (non-hydrogen) atoms. The Morgan fingerprint density at radius 3 is 2.52 bits per heavy atom. The summed E-state index contributed by atoms with van der Waals surface area (Å²) >= 11 is 0. The summed E-state index contributed by atoms with van der Waals surface area (Å²) in [6, 6.07) is 4.16. The Morgan fingerprint density at radius 2 is 1.95 bits per heavy atom. The van der Waals surface area contributed by atoms with E-state index in [-0.39, 0.29) is 29.2 Å². The second-order valence-electron chi connectivity index (χ2n) is 5.06. The number of nitrogens with two attached hydrogens (primary N) is 2. The number of para-hydroxylation sites is 1. The normalized spacial score (nSPS) is 20.6. The minimum Gasteiger partial charge on any atom is -0.396 e. The summed E-state index contributed by atoms with van der Waals surface area (Å²) < 4.78 is 61.3. The van der Waals surface area contributed by atoms with Crippen LogP contribution in [0.4, 0.5) is 24.5 Å². The van der Waals surface area contributed by atoms with Crippen molar-refractivity contribution in [2.75, 3.05) is 23.7 Å². The largest absolute Gasteiger partial charge is 0.396 e. The van der Waals surface area contributed by atoms with E-state index in [9.17, 15) is 21.6 Å². The number of benzene rings is 1. The Hall–Kier alpha value is -1.48. The van der Waals surface area contributed by atoms with E-state index in [4.69, 9.17) is 10.9 Å². The molecule has 9 heteroatoms. The molecule has 5 nitrogen and oxygen atoms in total. The van der Waals surface area contributed by atoms with E-state index in [2.05, 4.69) is 0 Å². The molecule has 1 unspecified atom stereocenters. The molecule has 1 atom stereocenters. The molecular weight excluding hydrogens is 307 g/mol. The van der Waals surface area contributed by atoms with E-state index in [0.717, 1.165) is 0 Å². The van der Waals surface area contributed by atoms with E-state index in [1.807, 2.05) is 0 Å². The van der Waals surface area contributed by atoms with Gasteiger partial charge in [-0.3, -0.25) is 0 Å². The first-order chi connectivity index (χ1) is 9.60. The van der Waals surface area contributed by atoms with E-state index in [1.54, 1.807) is 0 Å². The lowest BCUT2D eigenvalue weighted by Gasteiger charge is -2.36. The quantitative estimate of drug-likeness (QED) is 0.811. The summed E-state index contributed by atoms with van der Waals surface area (Å²) in [7, 11) is -4.01. The average Bonchev–Trinajstić information content (AvgIpc) is 2.37. The summed E-state index contributed by atoms with van der Waals surface area (Å²) in [6.07, 6.45) is -3.84. The van der Waals surface area contributed by atoms with Crippen molar-refractivity contribution in [2.24, 2.45) is 11.1 Å². The van der Waals surface area contributed by atoms with E-state index < -0.39 is 22.1 Å². The van der Waals surface area contributed by atoms with Crippen LogP contribution in [0.15, 0.2) is 23.1 Å². The fourth-order valence-electron chi connectivity index (χ4n) is 2.52. The minimum atomic E-state index is -4.27. The average molecular weight is 323 g/mol. The molecule has 0 aliphatic carbocycles. The van der Waals surface area contributed by atoms with Crippen LogP contribution in [0.25, 0.3) is 0 Å². The van der Waals surface area contributed by atoms with Gasteiger partial charge in [0.1, 0.15) is 4.90 Å². The van der Waals surface area contributed by atoms with Crippen LogP contribution < -0.4 is 15.8 Å². The summed E-state index contributed by atoms with van der Waals surface area (Å²) in [5.74, 6) is -1.44. The van der Waals surface area contributed by atoms with Crippen molar-refractivity contribution >= 4 is 21.4 Å². The van der Waals surface area contributed by atoms with Gasteiger partial charge in [-0.15, -0.1) is 0 Å². The van der Waals surface area contributed by atoms with Crippen molar-refractivity contribution < 1.29 is 21.6 Å². The highest BCUT2D eigenvalue weighted by Gasteiger charge is 2.42. The first kappa shape index (κ1) is 15.9. The number of halogens is 3. The van der Waals surface area contributed by atoms with Crippen LogP contribution in [-0.4, -0.2) is 27.7 Å². The van der Waals surface area contributed by atoms with Gasteiger partial charge in [-0.05, 0) is 25.0 Å². The molecular formula is C12H16F3N3O2S. The third-order valence-corrected chi connectivity index (χ3v) is 4.54. The number of sulfonamides is 1. The molecule has 1 saturated heterocycles. The Balaban J connectivity index is 2.35. The molecule has 1 aromatic rings. The predicted molar refractivity (Wildman–Crippen MR) is 73.2 cm³/mol. The number of nitrogens with zero attached hydrogens (tertiary/aromatic N) is 1. The Labute approximate surface area is 120 Å². The Morgan fingerprint density at radius 1 is 1.29 bits per heavy atom. The fourth-order valence-corrected chi connectivity index (χ4v) is 3.20. The highest BCUT2D eigenvalue weighted by Crippen LogP contribution is 2.37. The van der Waals surface area contributed by atoms with Crippen LogP contribution in [0, 0.1) is 5.92 Å². The first-order valence-corrected chi connectivity index (χ1v) is 7.88. The molecule has 1 fully saturated rings. The third-order valence-electron chi connectivity index (χ3n) is 3.57. The maximum atomic E-state index is 12.8. The molecule has 0 saturated carbocycles. The zero-order valence-electron chi connectivity index (χ0n) is 11.1. The maximum Gasteiger partial charge on any atom is 0.393 e. The van der Waals surface area contributed by atoms with Crippen molar-refractivity contribution in [2.45, 2.75) is 23.9 Å². The molecule has 1 heterocycles. The van der Waals surface area contributed by atoms with E-state index in [1.165, 1.54) is 23.1 Å². The van der Waals surface area contributed by atoms with Gasteiger partial charge in [0.25, 0.3) is 0 Å². The van der Waals surface area contributed by atoms with Crippen molar-refractivity contribution in [3.63, 3.8) is 0 Å². The maximum absolute atomic E-state index is 12.8. The van der Waals surface area contributed by atoms with Gasteiger partial charge in [-0.1, -0.05) is 6.07 Å². The number of hydrogen-bond donors (Lipinski definition) is 2. The smallest absolute Gasteiger partial charge is 0.393 e. The summed E-state index contributed by atoms with van der Waals surface area (Å²) in [5.41, 5.74) is 5.94. The van der Waals surface area contributed by atoms with Gasteiger partial charge < -0.3 is 10.6 Å². The lowest BCUT2D eigenvalue weighted by atomic mass is 9.97. The van der Waals surface area contributed by atoms with Crippen molar-refractivity contribution in [3.8, 4) is 0 Å². The zero-order chi connectivity index (χ0) is 15.8. The Kier molecular flexibility index (Phi) is 4.07. The number of nitrogen functional groups attached to an aromatic ring is 1. The predicted octanol–water partition coefficient (Wildman–Crippen LogP) is 1.69. The van der Waals surface area contributed by atoms with Crippen molar-refractivity contribution in [1.29, 1.82) is 0 Å². The molecule has 1 aromatic carbocycles. The lowest BCUT2D eigenvalue weighted by molar-refractivity contribution is -0.175. The van der Waals surface area contributed by atoms with Crippen LogP contribution in [0.3, 0.4) is 0 Å². The molecule has 2 rings (SSSR count). The van der Waals surface area contributed by atoms with E-state index >= 15 is 0 Å². The monoisotopic (exact) mass is 323 g/mol. The lowest BCUT2D eigenvalue weighted by Crippen LogP contribution is -2.42. The number of hydrogen-bond acceptors (Lipinski definition) is 4. The topological polar surface area (TPSA) is 89.4 Å². The number of anilines is 2. The molecule has 0 radical (unpaired) electrons. The zero-order valence-corrected chi connectivity index (χ0v) is 11.9. The standard InChI is InChI=1S/C12H16F3N3O2S/c13-12(14,15)8-3-2-6-18(7-8)9-4-1-5-10(11(9)16)21(17,19)20/h1,4-5,8H,2-3,6-7,16H2,(H2,17,19,20). The van der Waals surface area contributed by atoms with Crippen LogP contribution >= 0.6 is 0 Å². The van der Waals surface area contributed by atoms with Gasteiger partial charge >= 0.3 is 6.18 Å². The number of alkyl halides is 3. The molecule has 118 valence electrons. The second kappa shape index (κ2) is 5.38. The van der Waals surface area contributed by atoms with Gasteiger partial charge in [0, 0.05) is 13.1 Å². The van der Waals surface area contributed by atoms with Gasteiger partial charge in [0.2, 0.25) is 10.0 Å². The van der Waals surface area contributed by atoms with Crippen molar-refractivity contribution in [1.82, 2.24) is 0 Å². The van der Waals surface area contributed by atoms with Crippen LogP contribution in [-0.2, 0) is 10.0 Å². The molecule has 0 aromatic heterocycles. The number of piperidine rings is 1. The first-order valence-electron chi connectivity index (χ1n) is 6.33. The molecule has 0 amide bonds. The van der Waals surface area contributed by atoms with Crippen molar-refractivity contribution in [3.05, 3.63) is 18.2 Å². The minimum absolute atomic E-state index is 0.0643. The highest BCUT2D eigenvalue weighted by molar-refractivity contribution is 7.89.